The fourth-order valence-corrected chi connectivity index (χ4v) is 1.34. The highest BCUT2D eigenvalue weighted by atomic mass is 16.1. The van der Waals surface area contributed by atoms with Gasteiger partial charge in [-0.3, -0.25) is 9.78 Å². The molecule has 1 aliphatic carbocycles. The van der Waals surface area contributed by atoms with E-state index < -0.39 is 0 Å². The number of hydrogen-bond acceptors (Lipinski definition) is 3. The quantitative estimate of drug-likeness (QED) is 0.773. The van der Waals surface area contributed by atoms with Crippen LogP contribution in [0.1, 0.15) is 18.5 Å². The Morgan fingerprint density at radius 1 is 1.60 bits per heavy atom. The summed E-state index contributed by atoms with van der Waals surface area (Å²) < 4.78 is 0. The molecule has 0 unspecified atom stereocenters. The van der Waals surface area contributed by atoms with Crippen molar-refractivity contribution in [2.45, 2.75) is 25.8 Å². The lowest BCUT2D eigenvalue weighted by molar-refractivity contribution is -0.115. The average molecular weight is 205 g/mol. The highest BCUT2D eigenvalue weighted by Gasteiger charge is 2.21. The first-order valence-electron chi connectivity index (χ1n) is 5.20. The van der Waals surface area contributed by atoms with Crippen molar-refractivity contribution in [3.05, 3.63) is 24.0 Å². The fourth-order valence-electron chi connectivity index (χ4n) is 1.34. The molecule has 0 radical (unpaired) electrons. The summed E-state index contributed by atoms with van der Waals surface area (Å²) in [7, 11) is 0. The van der Waals surface area contributed by atoms with E-state index in [1.54, 1.807) is 6.20 Å². The van der Waals surface area contributed by atoms with Gasteiger partial charge in [0.05, 0.1) is 17.9 Å². The SMILES string of the molecule is Cc1ncccc1NC(=O)CNC1CC1. The Labute approximate surface area is 89.1 Å². The summed E-state index contributed by atoms with van der Waals surface area (Å²) in [6.45, 7) is 2.27. The Morgan fingerprint density at radius 3 is 3.07 bits per heavy atom. The minimum Gasteiger partial charge on any atom is -0.323 e. The zero-order valence-corrected chi connectivity index (χ0v) is 8.79. The van der Waals surface area contributed by atoms with Crippen molar-refractivity contribution in [3.8, 4) is 0 Å². The van der Waals surface area contributed by atoms with Gasteiger partial charge in [-0.15, -0.1) is 0 Å². The van der Waals surface area contributed by atoms with E-state index in [1.807, 2.05) is 19.1 Å². The zero-order chi connectivity index (χ0) is 10.7. The Bertz CT molecular complexity index is 361. The maximum atomic E-state index is 11.5. The third kappa shape index (κ3) is 3.02. The number of aromatic nitrogens is 1. The van der Waals surface area contributed by atoms with E-state index in [9.17, 15) is 4.79 Å². The van der Waals surface area contributed by atoms with Gasteiger partial charge in [-0.1, -0.05) is 0 Å². The van der Waals surface area contributed by atoms with E-state index in [0.29, 0.717) is 12.6 Å². The maximum Gasteiger partial charge on any atom is 0.238 e. The molecule has 80 valence electrons. The Hall–Kier alpha value is -1.42. The number of aryl methyl sites for hydroxylation is 1. The molecule has 1 fully saturated rings. The number of carbonyl (C=O) groups excluding carboxylic acids is 1. The predicted molar refractivity (Wildman–Crippen MR) is 58.6 cm³/mol. The number of carbonyl (C=O) groups is 1. The maximum absolute atomic E-state index is 11.5. The van der Waals surface area contributed by atoms with Crippen LogP contribution in [0.2, 0.25) is 0 Å². The molecule has 2 N–H and O–H groups in total. The van der Waals surface area contributed by atoms with Crippen molar-refractivity contribution in [1.82, 2.24) is 10.3 Å². The molecule has 2 rings (SSSR count). The summed E-state index contributed by atoms with van der Waals surface area (Å²) in [6, 6.07) is 4.24. The average Bonchev–Trinajstić information content (AvgIpc) is 3.02. The van der Waals surface area contributed by atoms with Crippen LogP contribution in [0.5, 0.6) is 0 Å². The van der Waals surface area contributed by atoms with Crippen LogP contribution in [-0.2, 0) is 4.79 Å². The van der Waals surface area contributed by atoms with Crippen LogP contribution in [0, 0.1) is 6.92 Å². The van der Waals surface area contributed by atoms with Crippen LogP contribution in [0.4, 0.5) is 5.69 Å². The number of pyridine rings is 1. The van der Waals surface area contributed by atoms with Gasteiger partial charge in [-0.25, -0.2) is 0 Å². The molecule has 1 aliphatic rings. The van der Waals surface area contributed by atoms with Gasteiger partial charge >= 0.3 is 0 Å². The van der Waals surface area contributed by atoms with Gasteiger partial charge in [0.1, 0.15) is 0 Å². The lowest BCUT2D eigenvalue weighted by atomic mass is 10.3. The van der Waals surface area contributed by atoms with Crippen LogP contribution in [0.25, 0.3) is 0 Å². The van der Waals surface area contributed by atoms with Gasteiger partial charge in [0.15, 0.2) is 0 Å². The van der Waals surface area contributed by atoms with Gasteiger partial charge in [-0.05, 0) is 31.9 Å². The Kier molecular flexibility index (Phi) is 2.97. The first-order valence-corrected chi connectivity index (χ1v) is 5.20. The van der Waals surface area contributed by atoms with Crippen LogP contribution in [0.15, 0.2) is 18.3 Å². The van der Waals surface area contributed by atoms with Crippen molar-refractivity contribution >= 4 is 11.6 Å². The lowest BCUT2D eigenvalue weighted by Crippen LogP contribution is -2.29. The van der Waals surface area contributed by atoms with Gasteiger partial charge in [-0.2, -0.15) is 0 Å². The minimum atomic E-state index is -0.00185. The molecule has 0 aliphatic heterocycles. The van der Waals surface area contributed by atoms with E-state index in [1.165, 1.54) is 12.8 Å². The molecule has 0 spiro atoms. The lowest BCUT2D eigenvalue weighted by Gasteiger charge is -2.07. The second kappa shape index (κ2) is 4.40. The molecule has 0 atom stereocenters. The molecular weight excluding hydrogens is 190 g/mol. The van der Waals surface area contributed by atoms with E-state index >= 15 is 0 Å². The summed E-state index contributed by atoms with van der Waals surface area (Å²) in [4.78, 5) is 15.6. The van der Waals surface area contributed by atoms with Gasteiger partial charge in [0, 0.05) is 12.2 Å². The van der Waals surface area contributed by atoms with Crippen molar-refractivity contribution < 1.29 is 4.79 Å². The normalized spacial score (nSPS) is 15.0. The van der Waals surface area contributed by atoms with E-state index in [-0.39, 0.29) is 5.91 Å². The summed E-state index contributed by atoms with van der Waals surface area (Å²) in [6.07, 6.45) is 4.10. The van der Waals surface area contributed by atoms with E-state index in [0.717, 1.165) is 11.4 Å². The summed E-state index contributed by atoms with van der Waals surface area (Å²) in [5, 5.41) is 5.99. The standard InChI is InChI=1S/C11H15N3O/c1-8-10(3-2-6-12-8)14-11(15)7-13-9-4-5-9/h2-3,6,9,13H,4-5,7H2,1H3,(H,14,15). The molecule has 1 aromatic rings. The minimum absolute atomic E-state index is 0.00185. The van der Waals surface area contributed by atoms with Crippen LogP contribution in [-0.4, -0.2) is 23.5 Å². The van der Waals surface area contributed by atoms with E-state index in [4.69, 9.17) is 0 Å². The molecule has 1 saturated carbocycles. The first-order chi connectivity index (χ1) is 7.25. The summed E-state index contributed by atoms with van der Waals surface area (Å²) >= 11 is 0. The van der Waals surface area contributed by atoms with Crippen LogP contribution in [0.3, 0.4) is 0 Å². The molecule has 1 amide bonds. The molecule has 1 aromatic heterocycles. The smallest absolute Gasteiger partial charge is 0.238 e. The second-order valence-electron chi connectivity index (χ2n) is 3.84. The largest absolute Gasteiger partial charge is 0.323 e. The Morgan fingerprint density at radius 2 is 2.40 bits per heavy atom. The summed E-state index contributed by atoms with van der Waals surface area (Å²) in [5.74, 6) is -0.00185. The third-order valence-electron chi connectivity index (χ3n) is 2.41. The molecular formula is C11H15N3O. The topological polar surface area (TPSA) is 54.0 Å². The van der Waals surface area contributed by atoms with Crippen molar-refractivity contribution in [2.24, 2.45) is 0 Å². The Balaban J connectivity index is 1.84. The van der Waals surface area contributed by atoms with Crippen molar-refractivity contribution in [2.75, 3.05) is 11.9 Å². The fraction of sp³-hybridized carbons (Fsp3) is 0.455. The first kappa shape index (κ1) is 10.1. The number of anilines is 1. The predicted octanol–water partition coefficient (Wildman–Crippen LogP) is 1.08. The molecule has 0 saturated heterocycles. The third-order valence-corrected chi connectivity index (χ3v) is 2.41. The zero-order valence-electron chi connectivity index (χ0n) is 8.79. The highest BCUT2D eigenvalue weighted by molar-refractivity contribution is 5.92. The molecule has 15 heavy (non-hydrogen) atoms. The number of nitrogens with zero attached hydrogens (tertiary/aromatic N) is 1. The van der Waals surface area contributed by atoms with Crippen LogP contribution < -0.4 is 10.6 Å². The monoisotopic (exact) mass is 205 g/mol. The van der Waals surface area contributed by atoms with Gasteiger partial charge in [0.25, 0.3) is 0 Å². The van der Waals surface area contributed by atoms with Gasteiger partial charge in [0.2, 0.25) is 5.91 Å². The number of nitrogens with one attached hydrogen (secondary N) is 2. The number of amides is 1. The van der Waals surface area contributed by atoms with Crippen molar-refractivity contribution in [1.29, 1.82) is 0 Å². The van der Waals surface area contributed by atoms with Crippen molar-refractivity contribution in [3.63, 3.8) is 0 Å². The molecule has 4 heteroatoms. The van der Waals surface area contributed by atoms with Crippen LogP contribution >= 0.6 is 0 Å². The summed E-state index contributed by atoms with van der Waals surface area (Å²) in [5.41, 5.74) is 1.64. The molecule has 0 bridgehead atoms. The number of rotatable bonds is 4. The molecule has 1 heterocycles. The second-order valence-corrected chi connectivity index (χ2v) is 3.84. The van der Waals surface area contributed by atoms with Gasteiger partial charge < -0.3 is 10.6 Å². The molecule has 4 nitrogen and oxygen atoms in total. The van der Waals surface area contributed by atoms with E-state index in [2.05, 4.69) is 15.6 Å². The number of hydrogen-bond donors (Lipinski definition) is 2. The molecule has 0 aromatic carbocycles. The highest BCUT2D eigenvalue weighted by Crippen LogP contribution is 2.18.